The zero-order valence-electron chi connectivity index (χ0n) is 12.1. The third-order valence-electron chi connectivity index (χ3n) is 3.00. The Morgan fingerprint density at radius 2 is 2.10 bits per heavy atom. The third-order valence-corrected chi connectivity index (χ3v) is 3.00. The van der Waals surface area contributed by atoms with E-state index in [-0.39, 0.29) is 11.9 Å². The molecule has 20 heavy (non-hydrogen) atoms. The van der Waals surface area contributed by atoms with Crippen molar-refractivity contribution in [1.29, 1.82) is 0 Å². The zero-order valence-corrected chi connectivity index (χ0v) is 12.1. The molecule has 1 rings (SSSR count). The minimum absolute atomic E-state index is 0.133. The van der Waals surface area contributed by atoms with Gasteiger partial charge in [0.1, 0.15) is 6.61 Å². The Bertz CT molecular complexity index is 422. The molecule has 0 heterocycles. The van der Waals surface area contributed by atoms with E-state index in [1.165, 1.54) is 0 Å². The number of nitrogens with one attached hydrogen (secondary N) is 1. The van der Waals surface area contributed by atoms with Gasteiger partial charge in [-0.25, -0.2) is 0 Å². The van der Waals surface area contributed by atoms with Gasteiger partial charge >= 0.3 is 5.97 Å². The SMILES string of the molecule is C#CCCCCNCC(C)C(=O)OCc1ccccc1. The molecule has 3 nitrogen and oxygen atoms in total. The normalized spacial score (nSPS) is 11.6. The fourth-order valence-corrected chi connectivity index (χ4v) is 1.75. The Morgan fingerprint density at radius 1 is 1.35 bits per heavy atom. The van der Waals surface area contributed by atoms with Crippen LogP contribution in [0.1, 0.15) is 31.7 Å². The molecule has 0 bridgehead atoms. The number of benzene rings is 1. The predicted octanol–water partition coefficient (Wildman–Crippen LogP) is 2.76. The van der Waals surface area contributed by atoms with Gasteiger partial charge < -0.3 is 10.1 Å². The summed E-state index contributed by atoms with van der Waals surface area (Å²) in [4.78, 5) is 11.8. The first-order valence-corrected chi connectivity index (χ1v) is 7.08. The van der Waals surface area contributed by atoms with Gasteiger partial charge in [-0.1, -0.05) is 37.3 Å². The Kier molecular flexibility index (Phi) is 8.17. The van der Waals surface area contributed by atoms with Gasteiger partial charge in [-0.2, -0.15) is 0 Å². The molecular weight excluding hydrogens is 250 g/mol. The van der Waals surface area contributed by atoms with Crippen LogP contribution in [-0.4, -0.2) is 19.1 Å². The molecule has 0 radical (unpaired) electrons. The molecule has 108 valence electrons. The molecule has 1 aromatic carbocycles. The monoisotopic (exact) mass is 273 g/mol. The van der Waals surface area contributed by atoms with Crippen molar-refractivity contribution >= 4 is 5.97 Å². The maximum Gasteiger partial charge on any atom is 0.310 e. The minimum atomic E-state index is -0.162. The highest BCUT2D eigenvalue weighted by Gasteiger charge is 2.13. The van der Waals surface area contributed by atoms with Gasteiger partial charge in [0.05, 0.1) is 5.92 Å². The van der Waals surface area contributed by atoms with Crippen LogP contribution in [0.3, 0.4) is 0 Å². The van der Waals surface area contributed by atoms with E-state index in [0.29, 0.717) is 13.2 Å². The molecule has 0 amide bonds. The van der Waals surface area contributed by atoms with Gasteiger partial charge in [-0.05, 0) is 24.9 Å². The van der Waals surface area contributed by atoms with Crippen LogP contribution in [0.2, 0.25) is 0 Å². The molecule has 0 aliphatic rings. The van der Waals surface area contributed by atoms with Crippen molar-refractivity contribution < 1.29 is 9.53 Å². The summed E-state index contributed by atoms with van der Waals surface area (Å²) in [5, 5.41) is 3.25. The summed E-state index contributed by atoms with van der Waals surface area (Å²) in [7, 11) is 0. The standard InChI is InChI=1S/C17H23NO2/c1-3-4-5-9-12-18-13-15(2)17(19)20-14-16-10-7-6-8-11-16/h1,6-8,10-11,15,18H,4-5,9,12-14H2,2H3. The van der Waals surface area contributed by atoms with Gasteiger partial charge in [0, 0.05) is 13.0 Å². The topological polar surface area (TPSA) is 38.3 Å². The Morgan fingerprint density at radius 3 is 2.80 bits per heavy atom. The van der Waals surface area contributed by atoms with Crippen LogP contribution < -0.4 is 5.32 Å². The van der Waals surface area contributed by atoms with Gasteiger partial charge in [0.15, 0.2) is 0 Å². The van der Waals surface area contributed by atoms with Crippen molar-refractivity contribution in [2.75, 3.05) is 13.1 Å². The lowest BCUT2D eigenvalue weighted by molar-refractivity contribution is -0.149. The summed E-state index contributed by atoms with van der Waals surface area (Å²) in [6.07, 6.45) is 8.06. The number of ether oxygens (including phenoxy) is 1. The van der Waals surface area contributed by atoms with Crippen molar-refractivity contribution in [1.82, 2.24) is 5.32 Å². The van der Waals surface area contributed by atoms with Crippen molar-refractivity contribution in [3.8, 4) is 12.3 Å². The summed E-state index contributed by atoms with van der Waals surface area (Å²) in [6, 6.07) is 9.70. The van der Waals surface area contributed by atoms with E-state index >= 15 is 0 Å². The average Bonchev–Trinajstić information content (AvgIpc) is 2.49. The quantitative estimate of drug-likeness (QED) is 0.427. The van der Waals surface area contributed by atoms with E-state index in [1.54, 1.807) is 0 Å². The Hall–Kier alpha value is -1.79. The molecule has 1 unspecified atom stereocenters. The second kappa shape index (κ2) is 10.1. The van der Waals surface area contributed by atoms with Crippen molar-refractivity contribution in [3.63, 3.8) is 0 Å². The fourth-order valence-electron chi connectivity index (χ4n) is 1.75. The van der Waals surface area contributed by atoms with Gasteiger partial charge in [0.25, 0.3) is 0 Å². The highest BCUT2D eigenvalue weighted by atomic mass is 16.5. The summed E-state index contributed by atoms with van der Waals surface area (Å²) in [5.74, 6) is 2.32. The first-order valence-electron chi connectivity index (χ1n) is 7.08. The van der Waals surface area contributed by atoms with Crippen LogP contribution in [0.4, 0.5) is 0 Å². The molecule has 3 heteroatoms. The van der Waals surface area contributed by atoms with Crippen LogP contribution in [-0.2, 0) is 16.1 Å². The largest absolute Gasteiger partial charge is 0.461 e. The summed E-state index contributed by atoms with van der Waals surface area (Å²) in [5.41, 5.74) is 1.01. The number of hydrogen-bond acceptors (Lipinski definition) is 3. The highest BCUT2D eigenvalue weighted by Crippen LogP contribution is 2.04. The first kappa shape index (κ1) is 16.3. The summed E-state index contributed by atoms with van der Waals surface area (Å²) >= 11 is 0. The number of carbonyl (C=O) groups is 1. The van der Waals surface area contributed by atoms with Crippen LogP contribution in [0.15, 0.2) is 30.3 Å². The maximum atomic E-state index is 11.8. The number of carbonyl (C=O) groups excluding carboxylic acids is 1. The third kappa shape index (κ3) is 6.96. The number of unbranched alkanes of at least 4 members (excludes halogenated alkanes) is 2. The summed E-state index contributed by atoms with van der Waals surface area (Å²) < 4.78 is 5.28. The van der Waals surface area contributed by atoms with Gasteiger partial charge in [-0.15, -0.1) is 12.3 Å². The number of esters is 1. The highest BCUT2D eigenvalue weighted by molar-refractivity contribution is 5.72. The lowest BCUT2D eigenvalue weighted by Crippen LogP contribution is -2.28. The second-order valence-corrected chi connectivity index (χ2v) is 4.86. The zero-order chi connectivity index (χ0) is 14.6. The predicted molar refractivity (Wildman–Crippen MR) is 81.0 cm³/mol. The average molecular weight is 273 g/mol. The van der Waals surface area contributed by atoms with Crippen molar-refractivity contribution in [2.24, 2.45) is 5.92 Å². The van der Waals surface area contributed by atoms with E-state index in [2.05, 4.69) is 11.2 Å². The molecule has 1 aromatic rings. The van der Waals surface area contributed by atoms with Gasteiger partial charge in [0.2, 0.25) is 0 Å². The van der Waals surface area contributed by atoms with E-state index < -0.39 is 0 Å². The first-order chi connectivity index (χ1) is 9.74. The fraction of sp³-hybridized carbons (Fsp3) is 0.471. The molecule has 0 fully saturated rings. The van der Waals surface area contributed by atoms with Crippen LogP contribution in [0, 0.1) is 18.3 Å². The molecule has 1 N–H and O–H groups in total. The molecule has 0 aliphatic heterocycles. The van der Waals surface area contributed by atoms with Crippen LogP contribution in [0.5, 0.6) is 0 Å². The number of terminal acetylenes is 1. The molecule has 1 atom stereocenters. The van der Waals surface area contributed by atoms with E-state index in [1.807, 2.05) is 37.3 Å². The Labute approximate surface area is 121 Å². The number of rotatable bonds is 9. The molecular formula is C17H23NO2. The molecule has 0 spiro atoms. The molecule has 0 aromatic heterocycles. The van der Waals surface area contributed by atoms with Crippen LogP contribution in [0.25, 0.3) is 0 Å². The maximum absolute atomic E-state index is 11.8. The summed E-state index contributed by atoms with van der Waals surface area (Å²) in [6.45, 7) is 3.75. The van der Waals surface area contributed by atoms with Crippen LogP contribution >= 0.6 is 0 Å². The van der Waals surface area contributed by atoms with E-state index in [0.717, 1.165) is 31.4 Å². The molecule has 0 saturated heterocycles. The number of hydrogen-bond donors (Lipinski definition) is 1. The minimum Gasteiger partial charge on any atom is -0.461 e. The van der Waals surface area contributed by atoms with Gasteiger partial charge in [-0.3, -0.25) is 4.79 Å². The lowest BCUT2D eigenvalue weighted by Gasteiger charge is -2.12. The smallest absolute Gasteiger partial charge is 0.310 e. The van der Waals surface area contributed by atoms with E-state index in [9.17, 15) is 4.79 Å². The molecule has 0 aliphatic carbocycles. The lowest BCUT2D eigenvalue weighted by atomic mass is 10.1. The van der Waals surface area contributed by atoms with Crippen molar-refractivity contribution in [2.45, 2.75) is 32.8 Å². The Balaban J connectivity index is 2.12. The second-order valence-electron chi connectivity index (χ2n) is 4.86. The van der Waals surface area contributed by atoms with Crippen molar-refractivity contribution in [3.05, 3.63) is 35.9 Å². The van der Waals surface area contributed by atoms with E-state index in [4.69, 9.17) is 11.2 Å². The molecule has 0 saturated carbocycles.